The number of rotatable bonds is 2. The number of hydrogen-bond acceptors (Lipinski definition) is 1. The first-order valence-electron chi connectivity index (χ1n) is 4.56. The number of hydrogen-bond donors (Lipinski definition) is 1. The van der Waals surface area contributed by atoms with Crippen LogP contribution in [0.1, 0.15) is 24.0 Å². The summed E-state index contributed by atoms with van der Waals surface area (Å²) in [7, 11) is 0. The second kappa shape index (κ2) is 3.10. The summed E-state index contributed by atoms with van der Waals surface area (Å²) in [5.41, 5.74) is 2.08. The highest BCUT2D eigenvalue weighted by Gasteiger charge is 2.40. The molecule has 70 valence electrons. The fraction of sp³-hybridized carbons (Fsp3) is 0.455. The Morgan fingerprint density at radius 3 is 2.69 bits per heavy atom. The van der Waals surface area contributed by atoms with Crippen molar-refractivity contribution in [2.45, 2.75) is 31.8 Å². The van der Waals surface area contributed by atoms with E-state index in [9.17, 15) is 5.11 Å². The smallest absolute Gasteiger partial charge is 0.0690 e. The molecule has 0 heterocycles. The van der Waals surface area contributed by atoms with Crippen LogP contribution in [-0.2, 0) is 6.42 Å². The normalized spacial score (nSPS) is 18.7. The Balaban J connectivity index is 2.17. The van der Waals surface area contributed by atoms with Gasteiger partial charge in [-0.2, -0.15) is 0 Å². The van der Waals surface area contributed by atoms with Gasteiger partial charge in [-0.15, -0.1) is 0 Å². The lowest BCUT2D eigenvalue weighted by Gasteiger charge is -2.08. The molecule has 1 nitrogen and oxygen atoms in total. The number of benzene rings is 1. The zero-order valence-electron chi connectivity index (χ0n) is 7.68. The number of aryl methyl sites for hydroxylation is 1. The zero-order valence-corrected chi connectivity index (χ0v) is 9.26. The van der Waals surface area contributed by atoms with E-state index < -0.39 is 0 Å². The van der Waals surface area contributed by atoms with E-state index in [1.54, 1.807) is 0 Å². The van der Waals surface area contributed by atoms with E-state index in [1.165, 1.54) is 11.1 Å². The van der Waals surface area contributed by atoms with Crippen LogP contribution < -0.4 is 0 Å². The topological polar surface area (TPSA) is 20.2 Å². The highest BCUT2D eigenvalue weighted by molar-refractivity contribution is 9.10. The Labute approximate surface area is 86.9 Å². The molecule has 0 radical (unpaired) electrons. The molecule has 1 saturated carbocycles. The quantitative estimate of drug-likeness (QED) is 0.844. The zero-order chi connectivity index (χ0) is 9.47. The van der Waals surface area contributed by atoms with E-state index in [-0.39, 0.29) is 5.60 Å². The lowest BCUT2D eigenvalue weighted by Crippen LogP contribution is -2.10. The number of halogens is 1. The molecular weight excluding hydrogens is 228 g/mol. The van der Waals surface area contributed by atoms with Gasteiger partial charge in [0.05, 0.1) is 5.60 Å². The molecule has 1 N–H and O–H groups in total. The van der Waals surface area contributed by atoms with Crippen LogP contribution in [0.2, 0.25) is 0 Å². The standard InChI is InChI=1S/C11H13BrO/c1-8-2-3-9(6-10(8)12)7-11(13)4-5-11/h2-3,6,13H,4-5,7H2,1H3. The van der Waals surface area contributed by atoms with Crippen LogP contribution >= 0.6 is 15.9 Å². The van der Waals surface area contributed by atoms with Crippen molar-refractivity contribution in [1.82, 2.24) is 0 Å². The van der Waals surface area contributed by atoms with Crippen molar-refractivity contribution in [2.24, 2.45) is 0 Å². The fourth-order valence-electron chi connectivity index (χ4n) is 1.45. The molecule has 13 heavy (non-hydrogen) atoms. The van der Waals surface area contributed by atoms with Crippen molar-refractivity contribution >= 4 is 15.9 Å². The van der Waals surface area contributed by atoms with Crippen LogP contribution in [0, 0.1) is 6.92 Å². The molecule has 1 aliphatic carbocycles. The molecule has 0 saturated heterocycles. The van der Waals surface area contributed by atoms with Gasteiger partial charge in [0.1, 0.15) is 0 Å². The highest BCUT2D eigenvalue weighted by Crippen LogP contribution is 2.38. The molecule has 1 aromatic rings. The molecule has 0 unspecified atom stereocenters. The van der Waals surface area contributed by atoms with Crippen LogP contribution in [0.5, 0.6) is 0 Å². The maximum absolute atomic E-state index is 9.73. The minimum atomic E-state index is -0.380. The molecule has 2 heteroatoms. The summed E-state index contributed by atoms with van der Waals surface area (Å²) >= 11 is 3.49. The molecule has 0 amide bonds. The Bertz CT molecular complexity index is 329. The molecule has 2 rings (SSSR count). The first-order valence-corrected chi connectivity index (χ1v) is 5.36. The van der Waals surface area contributed by atoms with Gasteiger partial charge in [-0.25, -0.2) is 0 Å². The third kappa shape index (κ3) is 2.12. The third-order valence-electron chi connectivity index (χ3n) is 2.60. The van der Waals surface area contributed by atoms with E-state index in [0.717, 1.165) is 23.7 Å². The van der Waals surface area contributed by atoms with Gasteiger partial charge in [0.15, 0.2) is 0 Å². The highest BCUT2D eigenvalue weighted by atomic mass is 79.9. The Morgan fingerprint density at radius 1 is 1.46 bits per heavy atom. The maximum Gasteiger partial charge on any atom is 0.0690 e. The lowest BCUT2D eigenvalue weighted by molar-refractivity contribution is 0.151. The van der Waals surface area contributed by atoms with E-state index in [4.69, 9.17) is 0 Å². The second-order valence-corrected chi connectivity index (χ2v) is 4.84. The molecular formula is C11H13BrO. The predicted octanol–water partition coefficient (Wildman–Crippen LogP) is 2.82. The summed E-state index contributed by atoms with van der Waals surface area (Å²) in [5.74, 6) is 0. The van der Waals surface area contributed by atoms with Crippen LogP contribution in [0.3, 0.4) is 0 Å². The van der Waals surface area contributed by atoms with E-state index >= 15 is 0 Å². The van der Waals surface area contributed by atoms with Crippen LogP contribution in [-0.4, -0.2) is 10.7 Å². The van der Waals surface area contributed by atoms with Gasteiger partial charge in [0, 0.05) is 10.9 Å². The second-order valence-electron chi connectivity index (χ2n) is 3.98. The Morgan fingerprint density at radius 2 is 2.15 bits per heavy atom. The van der Waals surface area contributed by atoms with E-state index in [1.807, 2.05) is 0 Å². The summed E-state index contributed by atoms with van der Waals surface area (Å²) in [6.45, 7) is 2.07. The molecule has 0 atom stereocenters. The van der Waals surface area contributed by atoms with Gasteiger partial charge in [0.2, 0.25) is 0 Å². The maximum atomic E-state index is 9.73. The molecule has 1 aromatic carbocycles. The molecule has 0 bridgehead atoms. The molecule has 1 aliphatic rings. The monoisotopic (exact) mass is 240 g/mol. The predicted molar refractivity (Wildman–Crippen MR) is 56.8 cm³/mol. The van der Waals surface area contributed by atoms with E-state index in [2.05, 4.69) is 41.1 Å². The van der Waals surface area contributed by atoms with Crippen LogP contribution in [0.4, 0.5) is 0 Å². The van der Waals surface area contributed by atoms with Crippen molar-refractivity contribution in [2.75, 3.05) is 0 Å². The van der Waals surface area contributed by atoms with Gasteiger partial charge < -0.3 is 5.11 Å². The lowest BCUT2D eigenvalue weighted by atomic mass is 10.1. The van der Waals surface area contributed by atoms with Crippen molar-refractivity contribution in [3.63, 3.8) is 0 Å². The SMILES string of the molecule is Cc1ccc(CC2(O)CC2)cc1Br. The van der Waals surface area contributed by atoms with Crippen molar-refractivity contribution in [1.29, 1.82) is 0 Å². The average molecular weight is 241 g/mol. The summed E-state index contributed by atoms with van der Waals surface area (Å²) in [6, 6.07) is 6.28. The fourth-order valence-corrected chi connectivity index (χ4v) is 1.87. The first kappa shape index (κ1) is 9.22. The summed E-state index contributed by atoms with van der Waals surface area (Å²) in [6.07, 6.45) is 2.71. The van der Waals surface area contributed by atoms with Crippen molar-refractivity contribution in [3.05, 3.63) is 33.8 Å². The largest absolute Gasteiger partial charge is 0.390 e. The van der Waals surface area contributed by atoms with Gasteiger partial charge >= 0.3 is 0 Å². The van der Waals surface area contributed by atoms with Gasteiger partial charge in [-0.1, -0.05) is 28.1 Å². The number of aliphatic hydroxyl groups is 1. The third-order valence-corrected chi connectivity index (χ3v) is 3.45. The van der Waals surface area contributed by atoms with Crippen LogP contribution in [0.25, 0.3) is 0 Å². The van der Waals surface area contributed by atoms with Gasteiger partial charge in [-0.3, -0.25) is 0 Å². The Kier molecular flexibility index (Phi) is 2.20. The molecule has 0 aromatic heterocycles. The van der Waals surface area contributed by atoms with Gasteiger partial charge in [0.25, 0.3) is 0 Å². The van der Waals surface area contributed by atoms with E-state index in [0.29, 0.717) is 0 Å². The average Bonchev–Trinajstić information content (AvgIpc) is 2.76. The molecule has 0 aliphatic heterocycles. The van der Waals surface area contributed by atoms with Crippen molar-refractivity contribution < 1.29 is 5.11 Å². The Hall–Kier alpha value is -0.340. The minimum Gasteiger partial charge on any atom is -0.390 e. The van der Waals surface area contributed by atoms with Crippen molar-refractivity contribution in [3.8, 4) is 0 Å². The summed E-state index contributed by atoms with van der Waals surface area (Å²) < 4.78 is 1.13. The first-order chi connectivity index (χ1) is 6.09. The molecule has 0 spiro atoms. The molecule has 1 fully saturated rings. The minimum absolute atomic E-state index is 0.380. The summed E-state index contributed by atoms with van der Waals surface area (Å²) in [4.78, 5) is 0. The van der Waals surface area contributed by atoms with Crippen LogP contribution in [0.15, 0.2) is 22.7 Å². The summed E-state index contributed by atoms with van der Waals surface area (Å²) in [5, 5.41) is 9.73. The van der Waals surface area contributed by atoms with Gasteiger partial charge in [-0.05, 0) is 37.0 Å².